The summed E-state index contributed by atoms with van der Waals surface area (Å²) in [5, 5.41) is -0.431. The van der Waals surface area contributed by atoms with E-state index in [-0.39, 0.29) is 12.2 Å². The predicted octanol–water partition coefficient (Wildman–Crippen LogP) is 3.23. The number of halogens is 1. The minimum absolute atomic E-state index is 0.0560. The highest BCUT2D eigenvalue weighted by Crippen LogP contribution is 2.12. The van der Waals surface area contributed by atoms with Gasteiger partial charge in [-0.15, -0.1) is 0 Å². The van der Waals surface area contributed by atoms with Crippen molar-refractivity contribution in [2.75, 3.05) is 0 Å². The predicted molar refractivity (Wildman–Crippen MR) is 70.9 cm³/mol. The largest absolute Gasteiger partial charge is 0.289 e. The Kier molecular flexibility index (Phi) is 3.90. The lowest BCUT2D eigenvalue weighted by Gasteiger charge is -2.03. The van der Waals surface area contributed by atoms with Gasteiger partial charge < -0.3 is 0 Å². The zero-order chi connectivity index (χ0) is 13.0. The van der Waals surface area contributed by atoms with Gasteiger partial charge in [-0.25, -0.2) is 0 Å². The quantitative estimate of drug-likeness (QED) is 0.623. The van der Waals surface area contributed by atoms with Gasteiger partial charge in [0.25, 0.3) is 0 Å². The maximum Gasteiger partial charge on any atom is 0.226 e. The molecule has 2 rings (SSSR count). The molecule has 18 heavy (non-hydrogen) atoms. The van der Waals surface area contributed by atoms with Crippen LogP contribution < -0.4 is 0 Å². The van der Waals surface area contributed by atoms with Gasteiger partial charge in [0, 0.05) is 17.5 Å². The second kappa shape index (κ2) is 5.61. The molecule has 0 aromatic heterocycles. The fourth-order valence-corrected chi connectivity index (χ4v) is 1.89. The monoisotopic (exact) mass is 258 g/mol. The van der Waals surface area contributed by atoms with E-state index in [9.17, 15) is 9.59 Å². The second-order valence-corrected chi connectivity index (χ2v) is 4.35. The Balaban J connectivity index is 2.29. The molecule has 3 heteroatoms. The van der Waals surface area contributed by atoms with Crippen LogP contribution in [-0.4, -0.2) is 11.0 Å². The van der Waals surface area contributed by atoms with Crippen molar-refractivity contribution >= 4 is 22.6 Å². The molecule has 0 aliphatic carbocycles. The van der Waals surface area contributed by atoms with E-state index >= 15 is 0 Å². The zero-order valence-corrected chi connectivity index (χ0v) is 10.4. The first-order chi connectivity index (χ1) is 8.66. The maximum atomic E-state index is 12.2. The maximum absolute atomic E-state index is 12.2. The molecule has 0 fully saturated rings. The topological polar surface area (TPSA) is 34.1 Å². The van der Waals surface area contributed by atoms with Crippen molar-refractivity contribution in [3.05, 3.63) is 71.3 Å². The van der Waals surface area contributed by atoms with Crippen LogP contribution in [0.2, 0.25) is 0 Å². The molecule has 90 valence electrons. The Morgan fingerprint density at radius 3 is 2.22 bits per heavy atom. The SMILES string of the molecule is O=C(Cl)Cc1cccc(C(=O)c2ccccc2)c1. The Labute approximate surface area is 110 Å². The number of hydrogen-bond acceptors (Lipinski definition) is 2. The Morgan fingerprint density at radius 1 is 0.889 bits per heavy atom. The first kappa shape index (κ1) is 12.5. The molecule has 0 aliphatic rings. The molecular formula is C15H11ClO2. The van der Waals surface area contributed by atoms with Gasteiger partial charge in [0.1, 0.15) is 0 Å². The number of carbonyl (C=O) groups is 2. The van der Waals surface area contributed by atoms with Gasteiger partial charge in [-0.2, -0.15) is 0 Å². The smallest absolute Gasteiger partial charge is 0.226 e. The molecule has 0 heterocycles. The fourth-order valence-electron chi connectivity index (χ4n) is 1.74. The number of benzene rings is 2. The van der Waals surface area contributed by atoms with Gasteiger partial charge >= 0.3 is 0 Å². The molecule has 0 unspecified atom stereocenters. The summed E-state index contributed by atoms with van der Waals surface area (Å²) in [5.74, 6) is -0.0560. The molecule has 0 atom stereocenters. The lowest BCUT2D eigenvalue weighted by atomic mass is 10.0. The lowest BCUT2D eigenvalue weighted by molar-refractivity contribution is -0.111. The van der Waals surface area contributed by atoms with Crippen LogP contribution in [-0.2, 0) is 11.2 Å². The highest BCUT2D eigenvalue weighted by molar-refractivity contribution is 6.63. The molecule has 0 spiro atoms. The van der Waals surface area contributed by atoms with E-state index in [2.05, 4.69) is 0 Å². The van der Waals surface area contributed by atoms with Crippen LogP contribution >= 0.6 is 11.6 Å². The summed E-state index contributed by atoms with van der Waals surface area (Å²) >= 11 is 5.34. The first-order valence-electron chi connectivity index (χ1n) is 5.54. The van der Waals surface area contributed by atoms with Crippen LogP contribution in [0.25, 0.3) is 0 Å². The normalized spacial score (nSPS) is 10.1. The second-order valence-electron chi connectivity index (χ2n) is 3.93. The van der Waals surface area contributed by atoms with Crippen molar-refractivity contribution in [3.8, 4) is 0 Å². The summed E-state index contributed by atoms with van der Waals surface area (Å²) in [6.07, 6.45) is 0.136. The summed E-state index contributed by atoms with van der Waals surface area (Å²) < 4.78 is 0. The van der Waals surface area contributed by atoms with E-state index < -0.39 is 5.24 Å². The fraction of sp³-hybridized carbons (Fsp3) is 0.0667. The third-order valence-electron chi connectivity index (χ3n) is 2.57. The lowest BCUT2D eigenvalue weighted by Crippen LogP contribution is -2.02. The molecule has 0 saturated carbocycles. The average Bonchev–Trinajstić information content (AvgIpc) is 2.38. The van der Waals surface area contributed by atoms with Crippen molar-refractivity contribution in [3.63, 3.8) is 0 Å². The van der Waals surface area contributed by atoms with E-state index in [1.165, 1.54) is 0 Å². The van der Waals surface area contributed by atoms with Crippen LogP contribution in [0.4, 0.5) is 0 Å². The molecule has 0 aliphatic heterocycles. The Hall–Kier alpha value is -1.93. The van der Waals surface area contributed by atoms with Gasteiger partial charge in [-0.1, -0.05) is 48.5 Å². The van der Waals surface area contributed by atoms with E-state index in [0.717, 1.165) is 5.56 Å². The molecule has 2 aromatic rings. The van der Waals surface area contributed by atoms with Crippen molar-refractivity contribution in [1.29, 1.82) is 0 Å². The molecule has 2 nitrogen and oxygen atoms in total. The minimum Gasteiger partial charge on any atom is -0.289 e. The standard InChI is InChI=1S/C15H11ClO2/c16-14(17)10-11-5-4-8-13(9-11)15(18)12-6-2-1-3-7-12/h1-9H,10H2. The highest BCUT2D eigenvalue weighted by Gasteiger charge is 2.09. The number of ketones is 1. The number of carbonyl (C=O) groups excluding carboxylic acids is 2. The zero-order valence-electron chi connectivity index (χ0n) is 9.60. The summed E-state index contributed by atoms with van der Waals surface area (Å²) in [7, 11) is 0. The molecule has 0 saturated heterocycles. The van der Waals surface area contributed by atoms with Crippen LogP contribution in [0.3, 0.4) is 0 Å². The van der Waals surface area contributed by atoms with Crippen LogP contribution in [0.5, 0.6) is 0 Å². The van der Waals surface area contributed by atoms with E-state index in [1.807, 2.05) is 18.2 Å². The van der Waals surface area contributed by atoms with Crippen molar-refractivity contribution in [1.82, 2.24) is 0 Å². The average molecular weight is 259 g/mol. The Bertz CT molecular complexity index is 576. The van der Waals surface area contributed by atoms with Gasteiger partial charge in [-0.3, -0.25) is 9.59 Å². The van der Waals surface area contributed by atoms with Crippen LogP contribution in [0, 0.1) is 0 Å². The summed E-state index contributed by atoms with van der Waals surface area (Å²) in [4.78, 5) is 23.0. The number of rotatable bonds is 4. The third-order valence-corrected chi connectivity index (χ3v) is 2.70. The van der Waals surface area contributed by atoms with Gasteiger partial charge in [0.2, 0.25) is 5.24 Å². The van der Waals surface area contributed by atoms with Crippen molar-refractivity contribution in [2.45, 2.75) is 6.42 Å². The van der Waals surface area contributed by atoms with Crippen molar-refractivity contribution < 1.29 is 9.59 Å². The van der Waals surface area contributed by atoms with Gasteiger partial charge in [0.05, 0.1) is 0 Å². The first-order valence-corrected chi connectivity index (χ1v) is 5.91. The Morgan fingerprint density at radius 2 is 1.56 bits per heavy atom. The molecule has 0 amide bonds. The third kappa shape index (κ3) is 3.05. The van der Waals surface area contributed by atoms with Gasteiger partial charge in [0.15, 0.2) is 5.78 Å². The van der Waals surface area contributed by atoms with E-state index in [0.29, 0.717) is 11.1 Å². The number of hydrogen-bond donors (Lipinski definition) is 0. The molecular weight excluding hydrogens is 248 g/mol. The summed E-state index contributed by atoms with van der Waals surface area (Å²) in [6.45, 7) is 0. The van der Waals surface area contributed by atoms with E-state index in [4.69, 9.17) is 11.6 Å². The molecule has 0 radical (unpaired) electrons. The van der Waals surface area contributed by atoms with Gasteiger partial charge in [-0.05, 0) is 23.2 Å². The highest BCUT2D eigenvalue weighted by atomic mass is 35.5. The van der Waals surface area contributed by atoms with E-state index in [1.54, 1.807) is 36.4 Å². The molecule has 2 aromatic carbocycles. The van der Waals surface area contributed by atoms with Crippen molar-refractivity contribution in [2.24, 2.45) is 0 Å². The van der Waals surface area contributed by atoms with Crippen LogP contribution in [0.15, 0.2) is 54.6 Å². The molecule has 0 bridgehead atoms. The summed E-state index contributed by atoms with van der Waals surface area (Å²) in [6, 6.07) is 16.0. The van der Waals surface area contributed by atoms with Crippen LogP contribution in [0.1, 0.15) is 21.5 Å². The minimum atomic E-state index is -0.431. The molecule has 0 N–H and O–H groups in total. The summed E-state index contributed by atoms with van der Waals surface area (Å²) in [5.41, 5.74) is 1.94.